The van der Waals surface area contributed by atoms with Crippen LogP contribution in [0.5, 0.6) is 0 Å². The van der Waals surface area contributed by atoms with Gasteiger partial charge in [-0.15, -0.1) is 0 Å². The van der Waals surface area contributed by atoms with Gasteiger partial charge in [0.05, 0.1) is 5.69 Å². The first-order valence-electron chi connectivity index (χ1n) is 9.10. The molecule has 0 aliphatic heterocycles. The van der Waals surface area contributed by atoms with Crippen LogP contribution in [0, 0.1) is 0 Å². The lowest BCUT2D eigenvalue weighted by molar-refractivity contribution is 0.261. The summed E-state index contributed by atoms with van der Waals surface area (Å²) in [6.45, 7) is 13.1. The molecule has 140 valence electrons. The third-order valence-corrected chi connectivity index (χ3v) is 5.04. The molecule has 0 saturated carbocycles. The molecule has 2 aromatic rings. The van der Waals surface area contributed by atoms with Crippen LogP contribution in [-0.2, 0) is 5.41 Å². The third kappa shape index (κ3) is 4.39. The van der Waals surface area contributed by atoms with Crippen molar-refractivity contribution < 1.29 is 4.79 Å². The van der Waals surface area contributed by atoms with E-state index in [0.717, 1.165) is 5.69 Å². The van der Waals surface area contributed by atoms with E-state index in [1.165, 1.54) is 22.3 Å². The highest BCUT2D eigenvalue weighted by Crippen LogP contribution is 2.39. The van der Waals surface area contributed by atoms with Crippen LogP contribution in [0.2, 0.25) is 0 Å². The SMILES string of the molecule is CC(C)c1cc(C(C)(C)c2ccccc2)cc(C(C)C)c1NNC(=O)Cl. The van der Waals surface area contributed by atoms with Crippen molar-refractivity contribution in [3.63, 3.8) is 0 Å². The number of nitrogens with one attached hydrogen (secondary N) is 2. The number of hydrogen-bond acceptors (Lipinski definition) is 2. The molecule has 2 aromatic carbocycles. The summed E-state index contributed by atoms with van der Waals surface area (Å²) < 4.78 is 0. The highest BCUT2D eigenvalue weighted by atomic mass is 35.5. The monoisotopic (exact) mass is 372 g/mol. The summed E-state index contributed by atoms with van der Waals surface area (Å²) in [4.78, 5) is 11.2. The number of hydrazine groups is 1. The van der Waals surface area contributed by atoms with Crippen LogP contribution >= 0.6 is 11.6 Å². The third-order valence-electron chi connectivity index (χ3n) is 4.95. The molecule has 0 aliphatic carbocycles. The molecule has 3 nitrogen and oxygen atoms in total. The highest BCUT2D eigenvalue weighted by molar-refractivity contribution is 6.63. The summed E-state index contributed by atoms with van der Waals surface area (Å²) in [6.07, 6.45) is 0. The zero-order valence-electron chi connectivity index (χ0n) is 16.5. The van der Waals surface area contributed by atoms with E-state index in [4.69, 9.17) is 11.6 Å². The number of carbonyl (C=O) groups is 1. The molecule has 0 fully saturated rings. The van der Waals surface area contributed by atoms with Gasteiger partial charge in [-0.1, -0.05) is 84.0 Å². The van der Waals surface area contributed by atoms with E-state index in [1.54, 1.807) is 0 Å². The summed E-state index contributed by atoms with van der Waals surface area (Å²) >= 11 is 5.46. The first kappa shape index (κ1) is 20.3. The molecule has 2 rings (SSSR count). The van der Waals surface area contributed by atoms with Crippen molar-refractivity contribution in [3.8, 4) is 0 Å². The van der Waals surface area contributed by atoms with Crippen molar-refractivity contribution in [2.75, 3.05) is 5.43 Å². The standard InChI is InChI=1S/C22H29ClN2O/c1-14(2)18-12-17(22(5,6)16-10-8-7-9-11-16)13-19(15(3)4)20(18)24-25-21(23)26/h7-15,24H,1-6H3,(H,25,26). The van der Waals surface area contributed by atoms with E-state index < -0.39 is 5.37 Å². The minimum Gasteiger partial charge on any atom is -0.297 e. The smallest absolute Gasteiger partial charge is 0.297 e. The fourth-order valence-electron chi connectivity index (χ4n) is 3.24. The number of amides is 1. The highest BCUT2D eigenvalue weighted by Gasteiger charge is 2.26. The van der Waals surface area contributed by atoms with E-state index in [1.807, 2.05) is 6.07 Å². The lowest BCUT2D eigenvalue weighted by Gasteiger charge is -2.30. The number of anilines is 1. The maximum atomic E-state index is 11.2. The maximum Gasteiger partial charge on any atom is 0.332 e. The van der Waals surface area contributed by atoms with Crippen LogP contribution in [0.3, 0.4) is 0 Å². The lowest BCUT2D eigenvalue weighted by atomic mass is 9.75. The van der Waals surface area contributed by atoms with Crippen molar-refractivity contribution >= 4 is 22.7 Å². The van der Waals surface area contributed by atoms with Crippen LogP contribution < -0.4 is 10.9 Å². The number of halogens is 1. The Morgan fingerprint density at radius 1 is 0.923 bits per heavy atom. The fraction of sp³-hybridized carbons (Fsp3) is 0.409. The van der Waals surface area contributed by atoms with Gasteiger partial charge in [0.1, 0.15) is 0 Å². The fourth-order valence-corrected chi connectivity index (χ4v) is 3.28. The average molecular weight is 373 g/mol. The van der Waals surface area contributed by atoms with Crippen LogP contribution in [0.4, 0.5) is 10.5 Å². The molecular weight excluding hydrogens is 344 g/mol. The van der Waals surface area contributed by atoms with Crippen molar-refractivity contribution in [1.82, 2.24) is 5.43 Å². The number of hydrogen-bond donors (Lipinski definition) is 2. The zero-order chi connectivity index (χ0) is 19.5. The number of carbonyl (C=O) groups excluding carboxylic acids is 1. The van der Waals surface area contributed by atoms with Gasteiger partial charge < -0.3 is 0 Å². The Labute approximate surface area is 162 Å². The van der Waals surface area contributed by atoms with Crippen LogP contribution in [0.1, 0.15) is 75.6 Å². The average Bonchev–Trinajstić information content (AvgIpc) is 2.59. The largest absolute Gasteiger partial charge is 0.332 e. The number of rotatable bonds is 6. The van der Waals surface area contributed by atoms with Gasteiger partial charge in [-0.3, -0.25) is 15.6 Å². The molecule has 0 heterocycles. The minimum atomic E-state index is -0.622. The van der Waals surface area contributed by atoms with E-state index >= 15 is 0 Å². The Hall–Kier alpha value is -2.00. The zero-order valence-corrected chi connectivity index (χ0v) is 17.2. The molecule has 2 N–H and O–H groups in total. The quantitative estimate of drug-likeness (QED) is 0.343. The van der Waals surface area contributed by atoms with Gasteiger partial charge in [0.2, 0.25) is 0 Å². The molecule has 0 saturated heterocycles. The first-order chi connectivity index (χ1) is 12.1. The second-order valence-electron chi connectivity index (χ2n) is 7.85. The Balaban J connectivity index is 2.64. The predicted octanol–water partition coefficient (Wildman–Crippen LogP) is 6.53. The van der Waals surface area contributed by atoms with Gasteiger partial charge in [0.25, 0.3) is 0 Å². The normalized spacial score (nSPS) is 11.7. The molecule has 4 heteroatoms. The maximum absolute atomic E-state index is 11.2. The molecule has 0 radical (unpaired) electrons. The molecule has 0 spiro atoms. The van der Waals surface area contributed by atoms with Crippen molar-refractivity contribution in [2.45, 2.75) is 58.8 Å². The Morgan fingerprint density at radius 2 is 1.42 bits per heavy atom. The molecule has 0 aromatic heterocycles. The van der Waals surface area contributed by atoms with Gasteiger partial charge in [0, 0.05) is 5.41 Å². The topological polar surface area (TPSA) is 41.1 Å². The van der Waals surface area contributed by atoms with E-state index in [9.17, 15) is 4.79 Å². The second kappa shape index (κ2) is 8.13. The Bertz CT molecular complexity index is 738. The van der Waals surface area contributed by atoms with Crippen molar-refractivity contribution in [3.05, 3.63) is 64.7 Å². The molecule has 0 unspecified atom stereocenters. The van der Waals surface area contributed by atoms with Crippen LogP contribution in [0.25, 0.3) is 0 Å². The molecule has 0 bridgehead atoms. The van der Waals surface area contributed by atoms with E-state index in [2.05, 4.69) is 88.8 Å². The predicted molar refractivity (Wildman–Crippen MR) is 111 cm³/mol. The molecule has 0 aliphatic rings. The molecule has 26 heavy (non-hydrogen) atoms. The second-order valence-corrected chi connectivity index (χ2v) is 8.20. The molecule has 0 atom stereocenters. The summed E-state index contributed by atoms with van der Waals surface area (Å²) in [5, 5.41) is -0.622. The Morgan fingerprint density at radius 3 is 1.85 bits per heavy atom. The van der Waals surface area contributed by atoms with Gasteiger partial charge >= 0.3 is 5.37 Å². The summed E-state index contributed by atoms with van der Waals surface area (Å²) in [6, 6.07) is 15.0. The van der Waals surface area contributed by atoms with Gasteiger partial charge in [-0.25, -0.2) is 0 Å². The minimum absolute atomic E-state index is 0.122. The molecule has 1 amide bonds. The van der Waals surface area contributed by atoms with Crippen LogP contribution in [0.15, 0.2) is 42.5 Å². The van der Waals surface area contributed by atoms with Gasteiger partial charge in [-0.2, -0.15) is 0 Å². The van der Waals surface area contributed by atoms with Crippen molar-refractivity contribution in [1.29, 1.82) is 0 Å². The van der Waals surface area contributed by atoms with Gasteiger partial charge in [0.15, 0.2) is 0 Å². The van der Waals surface area contributed by atoms with Crippen LogP contribution in [-0.4, -0.2) is 5.37 Å². The van der Waals surface area contributed by atoms with E-state index in [-0.39, 0.29) is 5.41 Å². The number of benzene rings is 2. The summed E-state index contributed by atoms with van der Waals surface area (Å²) in [7, 11) is 0. The first-order valence-corrected chi connectivity index (χ1v) is 9.47. The summed E-state index contributed by atoms with van der Waals surface area (Å²) in [5.41, 5.74) is 11.2. The molecular formula is C22H29ClN2O. The lowest BCUT2D eigenvalue weighted by Crippen LogP contribution is -2.27. The Kier molecular flexibility index (Phi) is 6.35. The van der Waals surface area contributed by atoms with Gasteiger partial charge in [-0.05, 0) is 45.7 Å². The summed E-state index contributed by atoms with van der Waals surface area (Å²) in [5.74, 6) is 0.600. The van der Waals surface area contributed by atoms with E-state index in [0.29, 0.717) is 11.8 Å². The van der Waals surface area contributed by atoms with Crippen molar-refractivity contribution in [2.24, 2.45) is 0 Å².